The summed E-state index contributed by atoms with van der Waals surface area (Å²) in [7, 11) is 0. The largest absolute Gasteiger partial charge is 0.394 e. The maximum absolute atomic E-state index is 12.4. The molecule has 0 radical (unpaired) electrons. The molecule has 1 atom stereocenters. The van der Waals surface area contributed by atoms with E-state index in [2.05, 4.69) is 31.3 Å². The number of nitrogens with one attached hydrogen (secondary N) is 1. The Morgan fingerprint density at radius 3 is 0.966 bits per heavy atom. The fourth-order valence-corrected chi connectivity index (χ4v) is 8.69. The van der Waals surface area contributed by atoms with Crippen molar-refractivity contribution >= 4 is 11.7 Å². The average Bonchev–Trinajstić information content (AvgIpc) is 3.24. The molecule has 59 heavy (non-hydrogen) atoms. The van der Waals surface area contributed by atoms with E-state index in [1.165, 1.54) is 244 Å². The summed E-state index contributed by atoms with van der Waals surface area (Å²) in [6.07, 6.45) is 64.4. The average molecular weight is 830 g/mol. The molecule has 4 nitrogen and oxygen atoms in total. The van der Waals surface area contributed by atoms with Gasteiger partial charge in [-0.25, -0.2) is 0 Å². The number of Topliss-reactive ketones (excluding diaryl/α,β-unsaturated/α-hetero) is 1. The Balaban J connectivity index is 3.36. The SMILES string of the molecule is CCCCCCCCC=CCCCCCCCCCCCC(=O)CCCCCCCCCCCCCCC(=O)N[C@H](CO)CCCCCCCCCCCCCCCC. The summed E-state index contributed by atoms with van der Waals surface area (Å²) in [5.74, 6) is 0.616. The molecule has 1 amide bonds. The summed E-state index contributed by atoms with van der Waals surface area (Å²) >= 11 is 0. The lowest BCUT2D eigenvalue weighted by molar-refractivity contribution is -0.122. The Labute approximate surface area is 370 Å². The van der Waals surface area contributed by atoms with Crippen LogP contribution in [0, 0.1) is 0 Å². The van der Waals surface area contributed by atoms with Crippen LogP contribution >= 0.6 is 0 Å². The topological polar surface area (TPSA) is 66.4 Å². The first-order valence-corrected chi connectivity index (χ1v) is 27.2. The van der Waals surface area contributed by atoms with E-state index in [-0.39, 0.29) is 18.6 Å². The summed E-state index contributed by atoms with van der Waals surface area (Å²) < 4.78 is 0. The molecule has 0 aromatic carbocycles. The number of allylic oxidation sites excluding steroid dienone is 2. The van der Waals surface area contributed by atoms with E-state index < -0.39 is 0 Å². The van der Waals surface area contributed by atoms with Gasteiger partial charge < -0.3 is 10.4 Å². The molecule has 0 fully saturated rings. The van der Waals surface area contributed by atoms with Gasteiger partial charge in [0.2, 0.25) is 5.91 Å². The van der Waals surface area contributed by atoms with Crippen molar-refractivity contribution in [1.82, 2.24) is 5.32 Å². The fraction of sp³-hybridized carbons (Fsp3) is 0.927. The van der Waals surface area contributed by atoms with Crippen LogP contribution in [0.2, 0.25) is 0 Å². The number of aliphatic hydroxyl groups excluding tert-OH is 1. The minimum absolute atomic E-state index is 0.0581. The third kappa shape index (κ3) is 49.4. The first-order chi connectivity index (χ1) is 29.1. The second kappa shape index (κ2) is 51.2. The third-order valence-corrected chi connectivity index (χ3v) is 12.8. The maximum atomic E-state index is 12.4. The van der Waals surface area contributed by atoms with Gasteiger partial charge in [-0.05, 0) is 51.4 Å². The summed E-state index contributed by atoms with van der Waals surface area (Å²) in [5.41, 5.74) is 0. The predicted molar refractivity (Wildman–Crippen MR) is 262 cm³/mol. The molecular formula is C55H107NO3. The molecule has 0 aromatic heterocycles. The molecule has 0 aromatic rings. The minimum atomic E-state index is -0.0701. The molecule has 4 heteroatoms. The van der Waals surface area contributed by atoms with E-state index in [4.69, 9.17) is 0 Å². The van der Waals surface area contributed by atoms with Crippen LogP contribution < -0.4 is 5.32 Å². The summed E-state index contributed by atoms with van der Waals surface area (Å²) in [6.45, 7) is 4.63. The molecule has 0 aliphatic rings. The van der Waals surface area contributed by atoms with Gasteiger partial charge in [0.05, 0.1) is 12.6 Å². The number of carbonyl (C=O) groups excluding carboxylic acids is 2. The van der Waals surface area contributed by atoms with E-state index in [9.17, 15) is 14.7 Å². The van der Waals surface area contributed by atoms with Crippen molar-refractivity contribution < 1.29 is 14.7 Å². The van der Waals surface area contributed by atoms with Crippen LogP contribution in [0.3, 0.4) is 0 Å². The molecule has 0 bridgehead atoms. The van der Waals surface area contributed by atoms with Crippen LogP contribution in [0.1, 0.15) is 316 Å². The summed E-state index contributed by atoms with van der Waals surface area (Å²) in [5, 5.41) is 12.8. The van der Waals surface area contributed by atoms with Gasteiger partial charge >= 0.3 is 0 Å². The second-order valence-electron chi connectivity index (χ2n) is 18.9. The van der Waals surface area contributed by atoms with Gasteiger partial charge in [-0.3, -0.25) is 9.59 Å². The van der Waals surface area contributed by atoms with E-state index in [1.54, 1.807) is 0 Å². The lowest BCUT2D eigenvalue weighted by Crippen LogP contribution is -2.37. The highest BCUT2D eigenvalue weighted by atomic mass is 16.3. The second-order valence-corrected chi connectivity index (χ2v) is 18.9. The van der Waals surface area contributed by atoms with E-state index in [1.807, 2.05) is 0 Å². The van der Waals surface area contributed by atoms with Gasteiger partial charge in [-0.15, -0.1) is 0 Å². The molecule has 0 spiro atoms. The highest BCUT2D eigenvalue weighted by Crippen LogP contribution is 2.17. The van der Waals surface area contributed by atoms with Crippen LogP contribution in [0.15, 0.2) is 12.2 Å². The molecular weight excluding hydrogens is 723 g/mol. The molecule has 0 aliphatic carbocycles. The highest BCUT2D eigenvalue weighted by Gasteiger charge is 2.11. The van der Waals surface area contributed by atoms with Gasteiger partial charge in [0.15, 0.2) is 0 Å². The highest BCUT2D eigenvalue weighted by molar-refractivity contribution is 5.78. The normalized spacial score (nSPS) is 12.2. The predicted octanol–water partition coefficient (Wildman–Crippen LogP) is 18.0. The zero-order valence-corrected chi connectivity index (χ0v) is 40.4. The van der Waals surface area contributed by atoms with Crippen molar-refractivity contribution in [3.8, 4) is 0 Å². The van der Waals surface area contributed by atoms with Crippen molar-refractivity contribution in [2.24, 2.45) is 0 Å². The maximum Gasteiger partial charge on any atom is 0.220 e. The van der Waals surface area contributed by atoms with E-state index in [0.29, 0.717) is 12.2 Å². The lowest BCUT2D eigenvalue weighted by atomic mass is 10.0. The first kappa shape index (κ1) is 57.8. The molecule has 0 saturated heterocycles. The Kier molecular flexibility index (Phi) is 50.2. The Morgan fingerprint density at radius 1 is 0.373 bits per heavy atom. The number of aliphatic hydroxyl groups is 1. The number of rotatable bonds is 51. The summed E-state index contributed by atoms with van der Waals surface area (Å²) in [4.78, 5) is 24.7. The molecule has 2 N–H and O–H groups in total. The van der Waals surface area contributed by atoms with Gasteiger partial charge in [0.25, 0.3) is 0 Å². The molecule has 0 heterocycles. The molecule has 0 saturated carbocycles. The molecule has 0 unspecified atom stereocenters. The van der Waals surface area contributed by atoms with E-state index >= 15 is 0 Å². The van der Waals surface area contributed by atoms with Crippen LogP contribution in [0.25, 0.3) is 0 Å². The number of ketones is 1. The zero-order valence-electron chi connectivity index (χ0n) is 40.4. The van der Waals surface area contributed by atoms with Crippen LogP contribution in [0.5, 0.6) is 0 Å². The molecule has 0 rings (SSSR count). The van der Waals surface area contributed by atoms with Gasteiger partial charge in [0.1, 0.15) is 5.78 Å². The quantitative estimate of drug-likeness (QED) is 0.0474. The van der Waals surface area contributed by atoms with Gasteiger partial charge in [-0.2, -0.15) is 0 Å². The van der Waals surface area contributed by atoms with Crippen LogP contribution in [-0.4, -0.2) is 29.4 Å². The smallest absolute Gasteiger partial charge is 0.220 e. The van der Waals surface area contributed by atoms with E-state index in [0.717, 1.165) is 51.4 Å². The van der Waals surface area contributed by atoms with Crippen molar-refractivity contribution in [2.75, 3.05) is 6.61 Å². The van der Waals surface area contributed by atoms with Crippen molar-refractivity contribution in [3.05, 3.63) is 12.2 Å². The van der Waals surface area contributed by atoms with Crippen molar-refractivity contribution in [2.45, 2.75) is 322 Å². The fourth-order valence-electron chi connectivity index (χ4n) is 8.69. The molecule has 350 valence electrons. The first-order valence-electron chi connectivity index (χ1n) is 27.2. The number of hydrogen-bond acceptors (Lipinski definition) is 3. The lowest BCUT2D eigenvalue weighted by Gasteiger charge is -2.16. The van der Waals surface area contributed by atoms with Crippen LogP contribution in [0.4, 0.5) is 0 Å². The number of amides is 1. The zero-order chi connectivity index (χ0) is 42.8. The Bertz CT molecular complexity index is 855. The summed E-state index contributed by atoms with van der Waals surface area (Å²) in [6, 6.07) is -0.0701. The Hall–Kier alpha value is -1.16. The third-order valence-electron chi connectivity index (χ3n) is 12.8. The standard InChI is InChI=1S/C55H107NO3/c1-3-5-7-9-11-13-15-17-19-20-21-22-23-25-29-33-37-41-45-49-54(58)50-46-42-38-34-30-26-27-31-35-39-43-47-51-55(59)56-53(52-57)48-44-40-36-32-28-24-18-16-14-12-10-8-6-4-2/h17,19,53,57H,3-16,18,20-52H2,1-2H3,(H,56,59)/t53-/m0/s1. The van der Waals surface area contributed by atoms with Crippen molar-refractivity contribution in [3.63, 3.8) is 0 Å². The number of carbonyl (C=O) groups is 2. The number of hydrogen-bond donors (Lipinski definition) is 2. The van der Waals surface area contributed by atoms with Crippen molar-refractivity contribution in [1.29, 1.82) is 0 Å². The van der Waals surface area contributed by atoms with Gasteiger partial charge in [0, 0.05) is 19.3 Å². The number of unbranched alkanes of at least 4 members (excludes halogenated alkanes) is 39. The Morgan fingerprint density at radius 2 is 0.644 bits per heavy atom. The van der Waals surface area contributed by atoms with Crippen LogP contribution in [-0.2, 0) is 9.59 Å². The molecule has 0 aliphatic heterocycles. The minimum Gasteiger partial charge on any atom is -0.394 e. The monoisotopic (exact) mass is 830 g/mol. The van der Waals surface area contributed by atoms with Gasteiger partial charge in [-0.1, -0.05) is 257 Å².